The molecule has 0 radical (unpaired) electrons. The van der Waals surface area contributed by atoms with Crippen LogP contribution in [0.4, 0.5) is 0 Å². The van der Waals surface area contributed by atoms with Gasteiger partial charge in [0.05, 0.1) is 10.6 Å². The lowest BCUT2D eigenvalue weighted by Crippen LogP contribution is -2.10. The Morgan fingerprint density at radius 3 is 2.14 bits per heavy atom. The summed E-state index contributed by atoms with van der Waals surface area (Å²) in [6.45, 7) is 0. The molecular weight excluding hydrogens is 304 g/mol. The first-order valence-corrected chi connectivity index (χ1v) is 9.01. The van der Waals surface area contributed by atoms with Gasteiger partial charge in [0.1, 0.15) is 11.5 Å². The van der Waals surface area contributed by atoms with E-state index in [1.54, 1.807) is 36.0 Å². The van der Waals surface area contributed by atoms with Gasteiger partial charge < -0.3 is 4.74 Å². The van der Waals surface area contributed by atoms with Crippen molar-refractivity contribution in [1.29, 1.82) is 0 Å². The third kappa shape index (κ3) is 4.25. The molecule has 1 aliphatic heterocycles. The number of ether oxygens (including phenoxy) is 1. The Labute approximate surface area is 130 Å². The van der Waals surface area contributed by atoms with E-state index < -0.39 is 9.84 Å². The van der Waals surface area contributed by atoms with Crippen LogP contribution >= 0.6 is 11.8 Å². The van der Waals surface area contributed by atoms with Crippen molar-refractivity contribution in [3.63, 3.8) is 0 Å². The van der Waals surface area contributed by atoms with Crippen LogP contribution in [0.25, 0.3) is 0 Å². The Hall–Kier alpha value is -1.46. The highest BCUT2D eigenvalue weighted by molar-refractivity contribution is 8.08. The monoisotopic (exact) mass is 322 g/mol. The predicted molar refractivity (Wildman–Crippen MR) is 88.0 cm³/mol. The van der Waals surface area contributed by atoms with Crippen molar-refractivity contribution in [2.24, 2.45) is 0 Å². The molecule has 5 heteroatoms. The molecule has 1 saturated heterocycles. The number of para-hydroxylation sites is 1. The highest BCUT2D eigenvalue weighted by Gasteiger charge is 2.29. The quantitative estimate of drug-likeness (QED) is 0.780. The van der Waals surface area contributed by atoms with Crippen LogP contribution < -0.4 is 4.74 Å². The van der Waals surface area contributed by atoms with Crippen LogP contribution in [0, 0.1) is 0 Å². The molecule has 112 valence electrons. The summed E-state index contributed by atoms with van der Waals surface area (Å²) in [6.07, 6.45) is 0. The molecule has 2 aromatic carbocycles. The standard InChI is InChI=1S/C15H14O3S2.CH4/c16-20(17,11-14-10-19-14)15-8-6-13(7-9-15)18-12-4-2-1-3-5-12;/h1-9,14H,10-11H2;1H4. The Morgan fingerprint density at radius 2 is 1.57 bits per heavy atom. The first-order chi connectivity index (χ1) is 9.63. The van der Waals surface area contributed by atoms with Gasteiger partial charge in [-0.3, -0.25) is 0 Å². The molecule has 0 N–H and O–H groups in total. The van der Waals surface area contributed by atoms with E-state index in [4.69, 9.17) is 4.74 Å². The van der Waals surface area contributed by atoms with Gasteiger partial charge in [0.25, 0.3) is 0 Å². The van der Waals surface area contributed by atoms with E-state index in [-0.39, 0.29) is 18.4 Å². The average molecular weight is 322 g/mol. The van der Waals surface area contributed by atoms with Gasteiger partial charge in [0.2, 0.25) is 0 Å². The summed E-state index contributed by atoms with van der Waals surface area (Å²) >= 11 is 1.69. The summed E-state index contributed by atoms with van der Waals surface area (Å²) in [7, 11) is -3.16. The summed E-state index contributed by atoms with van der Waals surface area (Å²) in [5, 5.41) is 0.278. The zero-order chi connectivity index (χ0) is 14.0. The molecule has 0 aliphatic carbocycles. The number of hydrogen-bond acceptors (Lipinski definition) is 4. The second kappa shape index (κ2) is 6.54. The van der Waals surface area contributed by atoms with Crippen LogP contribution in [-0.4, -0.2) is 25.2 Å². The molecule has 0 amide bonds. The molecule has 1 fully saturated rings. The lowest BCUT2D eigenvalue weighted by molar-refractivity contribution is 0.482. The molecule has 0 bridgehead atoms. The molecular formula is C16H18O3S2. The molecule has 0 saturated carbocycles. The molecule has 1 unspecified atom stereocenters. The van der Waals surface area contributed by atoms with Crippen LogP contribution in [0.1, 0.15) is 7.43 Å². The molecule has 1 atom stereocenters. The summed E-state index contributed by atoms with van der Waals surface area (Å²) < 4.78 is 29.8. The van der Waals surface area contributed by atoms with Crippen LogP contribution in [0.2, 0.25) is 0 Å². The molecule has 3 nitrogen and oxygen atoms in total. The van der Waals surface area contributed by atoms with Crippen molar-refractivity contribution < 1.29 is 13.2 Å². The zero-order valence-electron chi connectivity index (χ0n) is 10.7. The van der Waals surface area contributed by atoms with Gasteiger partial charge in [-0.15, -0.1) is 0 Å². The van der Waals surface area contributed by atoms with Crippen molar-refractivity contribution in [2.45, 2.75) is 17.6 Å². The number of hydrogen-bond donors (Lipinski definition) is 0. The summed E-state index contributed by atoms with van der Waals surface area (Å²) in [5.41, 5.74) is 0. The van der Waals surface area contributed by atoms with Crippen molar-refractivity contribution in [1.82, 2.24) is 0 Å². The Bertz CT molecular complexity index is 675. The van der Waals surface area contributed by atoms with Crippen LogP contribution in [0.15, 0.2) is 59.5 Å². The highest BCUT2D eigenvalue weighted by Crippen LogP contribution is 2.33. The Kier molecular flexibility index (Phi) is 4.96. The summed E-state index contributed by atoms with van der Waals surface area (Å²) in [6, 6.07) is 16.0. The molecule has 21 heavy (non-hydrogen) atoms. The fraction of sp³-hybridized carbons (Fsp3) is 0.250. The van der Waals surface area contributed by atoms with E-state index in [9.17, 15) is 8.42 Å². The van der Waals surface area contributed by atoms with Crippen molar-refractivity contribution >= 4 is 21.6 Å². The Balaban J connectivity index is 0.00000161. The van der Waals surface area contributed by atoms with Crippen LogP contribution in [-0.2, 0) is 9.84 Å². The van der Waals surface area contributed by atoms with E-state index in [0.717, 1.165) is 11.5 Å². The van der Waals surface area contributed by atoms with E-state index in [2.05, 4.69) is 0 Å². The van der Waals surface area contributed by atoms with E-state index in [1.807, 2.05) is 30.3 Å². The van der Waals surface area contributed by atoms with Crippen molar-refractivity contribution in [2.75, 3.05) is 11.5 Å². The van der Waals surface area contributed by atoms with E-state index in [0.29, 0.717) is 10.6 Å². The number of benzene rings is 2. The molecule has 0 aromatic heterocycles. The second-order valence-corrected chi connectivity index (χ2v) is 7.99. The Morgan fingerprint density at radius 1 is 1.00 bits per heavy atom. The molecule has 2 aromatic rings. The zero-order valence-corrected chi connectivity index (χ0v) is 12.4. The maximum atomic E-state index is 12.1. The van der Waals surface area contributed by atoms with Gasteiger partial charge in [0.15, 0.2) is 9.84 Å². The average Bonchev–Trinajstić information content (AvgIpc) is 3.24. The van der Waals surface area contributed by atoms with Crippen molar-refractivity contribution in [3.05, 3.63) is 54.6 Å². The summed E-state index contributed by atoms with van der Waals surface area (Å²) in [4.78, 5) is 0.366. The minimum absolute atomic E-state index is 0. The fourth-order valence-electron chi connectivity index (χ4n) is 1.84. The second-order valence-electron chi connectivity index (χ2n) is 4.62. The molecule has 0 spiro atoms. The minimum atomic E-state index is -3.16. The lowest BCUT2D eigenvalue weighted by Gasteiger charge is -2.07. The fourth-order valence-corrected chi connectivity index (χ4v) is 4.52. The van der Waals surface area contributed by atoms with E-state index in [1.165, 1.54) is 0 Å². The number of sulfone groups is 1. The van der Waals surface area contributed by atoms with Crippen molar-refractivity contribution in [3.8, 4) is 11.5 Å². The van der Waals surface area contributed by atoms with Gasteiger partial charge in [-0.1, -0.05) is 25.6 Å². The van der Waals surface area contributed by atoms with Crippen LogP contribution in [0.5, 0.6) is 11.5 Å². The number of rotatable bonds is 5. The SMILES string of the molecule is C.O=S(=O)(CC1CS1)c1ccc(Oc2ccccc2)cc1. The van der Waals surface area contributed by atoms with Gasteiger partial charge in [-0.25, -0.2) is 8.42 Å². The van der Waals surface area contributed by atoms with E-state index >= 15 is 0 Å². The minimum Gasteiger partial charge on any atom is -0.457 e. The smallest absolute Gasteiger partial charge is 0.179 e. The largest absolute Gasteiger partial charge is 0.457 e. The van der Waals surface area contributed by atoms with Gasteiger partial charge in [0, 0.05) is 11.0 Å². The van der Waals surface area contributed by atoms with Gasteiger partial charge >= 0.3 is 0 Å². The van der Waals surface area contributed by atoms with Crippen LogP contribution in [0.3, 0.4) is 0 Å². The van der Waals surface area contributed by atoms with Gasteiger partial charge in [-0.05, 0) is 36.4 Å². The lowest BCUT2D eigenvalue weighted by atomic mass is 10.3. The number of thioether (sulfide) groups is 1. The maximum absolute atomic E-state index is 12.1. The van der Waals surface area contributed by atoms with Gasteiger partial charge in [-0.2, -0.15) is 11.8 Å². The molecule has 3 rings (SSSR count). The normalized spacial score (nSPS) is 16.9. The predicted octanol–water partition coefficient (Wildman–Crippen LogP) is 4.00. The first kappa shape index (κ1) is 15.9. The topological polar surface area (TPSA) is 43.4 Å². The molecule has 1 heterocycles. The third-order valence-corrected chi connectivity index (χ3v) is 5.98. The maximum Gasteiger partial charge on any atom is 0.179 e. The summed E-state index contributed by atoms with van der Waals surface area (Å²) in [5.74, 6) is 2.55. The first-order valence-electron chi connectivity index (χ1n) is 6.31. The highest BCUT2D eigenvalue weighted by atomic mass is 32.2. The molecule has 1 aliphatic rings. The third-order valence-electron chi connectivity index (χ3n) is 2.97.